The lowest BCUT2D eigenvalue weighted by Gasteiger charge is -2.25. The molecule has 0 aliphatic heterocycles. The van der Waals surface area contributed by atoms with E-state index in [2.05, 4.69) is 5.32 Å². The van der Waals surface area contributed by atoms with Gasteiger partial charge in [-0.1, -0.05) is 24.3 Å². The van der Waals surface area contributed by atoms with Crippen LogP contribution in [-0.2, 0) is 16.2 Å². The fourth-order valence-electron chi connectivity index (χ4n) is 2.68. The molecule has 0 unspecified atom stereocenters. The molecule has 0 heterocycles. The Morgan fingerprint density at radius 2 is 1.76 bits per heavy atom. The number of thioether (sulfide) groups is 1. The molecule has 29 heavy (non-hydrogen) atoms. The highest BCUT2D eigenvalue weighted by molar-refractivity contribution is 7.99. The number of hydrogen-bond acceptors (Lipinski definition) is 5. The molecule has 0 bridgehead atoms. The summed E-state index contributed by atoms with van der Waals surface area (Å²) in [6, 6.07) is 12.0. The van der Waals surface area contributed by atoms with Crippen molar-refractivity contribution < 1.29 is 21.6 Å². The lowest BCUT2D eigenvalue weighted by atomic mass is 10.1. The van der Waals surface area contributed by atoms with Gasteiger partial charge in [-0.2, -0.15) is 13.2 Å². The summed E-state index contributed by atoms with van der Waals surface area (Å²) in [6.45, 7) is 0.617. The number of sulfonamides is 1. The first-order valence-electron chi connectivity index (χ1n) is 8.80. The van der Waals surface area contributed by atoms with Gasteiger partial charge in [0.05, 0.1) is 11.3 Å². The molecule has 3 N–H and O–H groups in total. The van der Waals surface area contributed by atoms with Gasteiger partial charge < -0.3 is 10.2 Å². The van der Waals surface area contributed by atoms with Crippen molar-refractivity contribution in [3.63, 3.8) is 0 Å². The molecule has 160 valence electrons. The summed E-state index contributed by atoms with van der Waals surface area (Å²) < 4.78 is 64.5. The number of para-hydroxylation sites is 1. The zero-order chi connectivity index (χ0) is 21.7. The summed E-state index contributed by atoms with van der Waals surface area (Å²) in [5.41, 5.74) is -1.55. The number of rotatable bonds is 9. The molecular weight excluding hydrogens is 423 g/mol. The van der Waals surface area contributed by atoms with E-state index in [-0.39, 0.29) is 0 Å². The van der Waals surface area contributed by atoms with E-state index in [1.54, 1.807) is 0 Å². The maximum Gasteiger partial charge on any atom is 0.418 e. The van der Waals surface area contributed by atoms with Crippen molar-refractivity contribution >= 4 is 27.5 Å². The number of nitrogens with two attached hydrogens (primary N) is 1. The third kappa shape index (κ3) is 7.22. The molecule has 0 amide bonds. The van der Waals surface area contributed by atoms with Crippen LogP contribution in [-0.4, -0.2) is 45.8 Å². The smallest absolute Gasteiger partial charge is 0.380 e. The number of anilines is 1. The Kier molecular flexibility index (Phi) is 7.98. The Morgan fingerprint density at radius 3 is 2.31 bits per heavy atom. The van der Waals surface area contributed by atoms with E-state index < -0.39 is 38.4 Å². The topological polar surface area (TPSA) is 75.4 Å². The monoisotopic (exact) mass is 447 g/mol. The molecule has 0 saturated carbocycles. The Morgan fingerprint density at radius 1 is 1.10 bits per heavy atom. The van der Waals surface area contributed by atoms with Gasteiger partial charge in [0.1, 0.15) is 4.90 Å². The van der Waals surface area contributed by atoms with Gasteiger partial charge in [0.2, 0.25) is 10.0 Å². The third-order valence-electron chi connectivity index (χ3n) is 4.11. The first kappa shape index (κ1) is 23.5. The molecule has 2 rings (SSSR count). The van der Waals surface area contributed by atoms with Crippen LogP contribution >= 0.6 is 11.8 Å². The van der Waals surface area contributed by atoms with Gasteiger partial charge in [0, 0.05) is 16.7 Å². The van der Waals surface area contributed by atoms with Crippen molar-refractivity contribution in [3.05, 3.63) is 54.1 Å². The fraction of sp³-hybridized carbons (Fsp3) is 0.368. The standard InChI is InChI=1S/C19H24F3N3O2S2/c1-25(2)12-11-14(13-28-15-7-4-3-5-8-15)24-18-16(19(20,21)22)9-6-10-17(18)29(23,26)27/h3-10,14,24H,11-13H2,1-2H3,(H2,23,26,27)/t14-/m1/s1. The number of nitrogens with one attached hydrogen (secondary N) is 1. The molecule has 0 spiro atoms. The number of hydrogen-bond donors (Lipinski definition) is 2. The molecule has 0 aliphatic rings. The molecule has 10 heteroatoms. The van der Waals surface area contributed by atoms with Gasteiger partial charge in [-0.3, -0.25) is 0 Å². The van der Waals surface area contributed by atoms with Crippen LogP contribution in [0.25, 0.3) is 0 Å². The summed E-state index contributed by atoms with van der Waals surface area (Å²) >= 11 is 1.48. The lowest BCUT2D eigenvalue weighted by molar-refractivity contribution is -0.137. The highest BCUT2D eigenvalue weighted by atomic mass is 32.2. The minimum Gasteiger partial charge on any atom is -0.380 e. The zero-order valence-electron chi connectivity index (χ0n) is 16.1. The molecule has 0 fully saturated rings. The second-order valence-electron chi connectivity index (χ2n) is 6.78. The summed E-state index contributed by atoms with van der Waals surface area (Å²) in [5.74, 6) is 0.452. The highest BCUT2D eigenvalue weighted by Crippen LogP contribution is 2.38. The lowest BCUT2D eigenvalue weighted by Crippen LogP contribution is -2.30. The summed E-state index contributed by atoms with van der Waals surface area (Å²) in [7, 11) is -0.616. The molecule has 1 atom stereocenters. The molecule has 5 nitrogen and oxygen atoms in total. The molecule has 2 aromatic rings. The van der Waals surface area contributed by atoms with Crippen LogP contribution in [0.5, 0.6) is 0 Å². The van der Waals surface area contributed by atoms with Crippen LogP contribution < -0.4 is 10.5 Å². The Hall–Kier alpha value is -1.75. The second kappa shape index (κ2) is 9.84. The van der Waals surface area contributed by atoms with Crippen molar-refractivity contribution in [3.8, 4) is 0 Å². The molecule has 2 aromatic carbocycles. The third-order valence-corrected chi connectivity index (χ3v) is 6.23. The van der Waals surface area contributed by atoms with Crippen LogP contribution in [0.1, 0.15) is 12.0 Å². The van der Waals surface area contributed by atoms with Crippen molar-refractivity contribution in [2.24, 2.45) is 5.14 Å². The number of nitrogens with zero attached hydrogens (tertiary/aromatic N) is 1. The fourth-order valence-corrected chi connectivity index (χ4v) is 4.40. The van der Waals surface area contributed by atoms with Crippen LogP contribution in [0.15, 0.2) is 58.3 Å². The SMILES string of the molecule is CN(C)CC[C@H](CSc1ccccc1)Nc1c(C(F)(F)F)cccc1S(N)(=O)=O. The second-order valence-corrected chi connectivity index (χ2v) is 9.40. The van der Waals surface area contributed by atoms with Gasteiger partial charge >= 0.3 is 6.18 Å². The maximum absolute atomic E-state index is 13.5. The number of alkyl halides is 3. The van der Waals surface area contributed by atoms with E-state index in [4.69, 9.17) is 5.14 Å². The average molecular weight is 448 g/mol. The summed E-state index contributed by atoms with van der Waals surface area (Å²) in [6.07, 6.45) is -4.20. The largest absolute Gasteiger partial charge is 0.418 e. The Labute approximate surface area is 173 Å². The van der Waals surface area contributed by atoms with Crippen LogP contribution in [0.4, 0.5) is 18.9 Å². The van der Waals surface area contributed by atoms with Crippen molar-refractivity contribution in [1.82, 2.24) is 4.90 Å². The number of primary sulfonamides is 1. The van der Waals surface area contributed by atoms with Gasteiger partial charge in [-0.15, -0.1) is 11.8 Å². The predicted molar refractivity (Wildman–Crippen MR) is 111 cm³/mol. The normalized spacial score (nSPS) is 13.5. The molecule has 0 radical (unpaired) electrons. The van der Waals surface area contributed by atoms with E-state index >= 15 is 0 Å². The first-order chi connectivity index (χ1) is 13.5. The molecular formula is C19H24F3N3O2S2. The molecule has 0 aromatic heterocycles. The van der Waals surface area contributed by atoms with Crippen LogP contribution in [0.2, 0.25) is 0 Å². The van der Waals surface area contributed by atoms with Gasteiger partial charge in [0.15, 0.2) is 0 Å². The zero-order valence-corrected chi connectivity index (χ0v) is 17.7. The van der Waals surface area contributed by atoms with Gasteiger partial charge in [0.25, 0.3) is 0 Å². The van der Waals surface area contributed by atoms with E-state index in [0.717, 1.165) is 23.1 Å². The molecule has 0 aliphatic carbocycles. The summed E-state index contributed by atoms with van der Waals surface area (Å²) in [5, 5.41) is 8.01. The Balaban J connectivity index is 2.37. The first-order valence-corrected chi connectivity index (χ1v) is 11.3. The van der Waals surface area contributed by atoms with E-state index in [1.165, 1.54) is 11.8 Å². The summed E-state index contributed by atoms with van der Waals surface area (Å²) in [4.78, 5) is 2.32. The van der Waals surface area contributed by atoms with Crippen molar-refractivity contribution in [2.75, 3.05) is 31.7 Å². The van der Waals surface area contributed by atoms with E-state index in [1.807, 2.05) is 49.3 Å². The van der Waals surface area contributed by atoms with Gasteiger partial charge in [-0.25, -0.2) is 13.6 Å². The number of benzene rings is 2. The number of halogens is 3. The maximum atomic E-state index is 13.5. The average Bonchev–Trinajstić information content (AvgIpc) is 2.63. The molecule has 0 saturated heterocycles. The van der Waals surface area contributed by atoms with Crippen molar-refractivity contribution in [1.29, 1.82) is 0 Å². The van der Waals surface area contributed by atoms with E-state index in [0.29, 0.717) is 18.7 Å². The van der Waals surface area contributed by atoms with E-state index in [9.17, 15) is 21.6 Å². The van der Waals surface area contributed by atoms with Crippen LogP contribution in [0.3, 0.4) is 0 Å². The van der Waals surface area contributed by atoms with Crippen molar-refractivity contribution in [2.45, 2.75) is 28.4 Å². The minimum atomic E-state index is -4.72. The predicted octanol–water partition coefficient (Wildman–Crippen LogP) is 3.88. The van der Waals surface area contributed by atoms with Crippen LogP contribution in [0, 0.1) is 0 Å². The minimum absolute atomic E-state index is 0.411. The Bertz CT molecular complexity index is 905. The van der Waals surface area contributed by atoms with Gasteiger partial charge in [-0.05, 0) is 51.3 Å². The quantitative estimate of drug-likeness (QED) is 0.571. The highest BCUT2D eigenvalue weighted by Gasteiger charge is 2.36.